The largest absolute Gasteiger partial charge is 0.332 e. The highest BCUT2D eigenvalue weighted by Crippen LogP contribution is 2.27. The van der Waals surface area contributed by atoms with Crippen molar-refractivity contribution in [1.82, 2.24) is 0 Å². The van der Waals surface area contributed by atoms with Crippen LogP contribution in [0.3, 0.4) is 0 Å². The fraction of sp³-hybridized carbons (Fsp3) is 0.200. The molecule has 4 nitrogen and oxygen atoms in total. The van der Waals surface area contributed by atoms with Gasteiger partial charge < -0.3 is 16.0 Å². The molecule has 0 radical (unpaired) electrons. The Morgan fingerprint density at radius 3 is 2.23 bits per heavy atom. The first-order valence-electron chi connectivity index (χ1n) is 10.1. The van der Waals surface area contributed by atoms with Gasteiger partial charge in [0.15, 0.2) is 5.11 Å². The van der Waals surface area contributed by atoms with Crippen LogP contribution < -0.4 is 16.0 Å². The molecule has 0 aliphatic heterocycles. The summed E-state index contributed by atoms with van der Waals surface area (Å²) in [5, 5.41) is 9.70. The Morgan fingerprint density at radius 2 is 1.52 bits per heavy atom. The summed E-state index contributed by atoms with van der Waals surface area (Å²) < 4.78 is 0. The van der Waals surface area contributed by atoms with E-state index in [0.717, 1.165) is 27.5 Å². The summed E-state index contributed by atoms with van der Waals surface area (Å²) in [5.41, 5.74) is 6.10. The number of thiocarbonyl (C=S) groups is 1. The summed E-state index contributed by atoms with van der Waals surface area (Å²) in [6, 6.07) is 22.0. The third-order valence-electron chi connectivity index (χ3n) is 4.72. The van der Waals surface area contributed by atoms with Crippen molar-refractivity contribution in [3.05, 3.63) is 83.4 Å². The minimum absolute atomic E-state index is 0.0214. The molecule has 1 atom stereocenters. The van der Waals surface area contributed by atoms with Crippen molar-refractivity contribution in [3.8, 4) is 0 Å². The van der Waals surface area contributed by atoms with Crippen molar-refractivity contribution in [3.63, 3.8) is 0 Å². The van der Waals surface area contributed by atoms with Gasteiger partial charge in [0, 0.05) is 22.0 Å². The molecule has 0 saturated heterocycles. The van der Waals surface area contributed by atoms with Crippen LogP contribution in [0.15, 0.2) is 71.6 Å². The van der Waals surface area contributed by atoms with Gasteiger partial charge in [-0.2, -0.15) is 0 Å². The Bertz CT molecular complexity index is 1080. The van der Waals surface area contributed by atoms with Gasteiger partial charge in [0.1, 0.15) is 0 Å². The van der Waals surface area contributed by atoms with Gasteiger partial charge in [0.25, 0.3) is 0 Å². The molecule has 1 amide bonds. The molecule has 6 heteroatoms. The number of carbonyl (C=O) groups is 1. The Morgan fingerprint density at radius 1 is 0.839 bits per heavy atom. The van der Waals surface area contributed by atoms with Crippen LogP contribution in [0.1, 0.15) is 23.6 Å². The number of aryl methyl sites for hydroxylation is 3. The number of rotatable bonds is 6. The number of thioether (sulfide) groups is 1. The highest BCUT2D eigenvalue weighted by Gasteiger charge is 2.16. The van der Waals surface area contributed by atoms with Crippen molar-refractivity contribution in [2.24, 2.45) is 0 Å². The molecule has 0 aliphatic rings. The van der Waals surface area contributed by atoms with E-state index in [0.29, 0.717) is 5.11 Å². The molecule has 0 saturated carbocycles. The summed E-state index contributed by atoms with van der Waals surface area (Å²) in [7, 11) is 0. The van der Waals surface area contributed by atoms with E-state index in [-0.39, 0.29) is 11.2 Å². The standard InChI is InChI=1S/C25H27N3OS2/c1-16-8-11-20(12-9-16)26-25(30)27-21-6-5-7-22(15-21)31-19(4)24(29)28-23-13-10-17(2)14-18(23)3/h5-15,19H,1-4H3,(H,28,29)(H2,26,27,30). The molecule has 0 spiro atoms. The van der Waals surface area contributed by atoms with E-state index >= 15 is 0 Å². The van der Waals surface area contributed by atoms with Gasteiger partial charge in [-0.1, -0.05) is 41.5 Å². The lowest BCUT2D eigenvalue weighted by Crippen LogP contribution is -2.23. The molecule has 3 rings (SSSR count). The van der Waals surface area contributed by atoms with Crippen molar-refractivity contribution in [2.45, 2.75) is 37.8 Å². The number of benzene rings is 3. The highest BCUT2D eigenvalue weighted by atomic mass is 32.2. The fourth-order valence-electron chi connectivity index (χ4n) is 3.02. The van der Waals surface area contributed by atoms with Crippen LogP contribution in [-0.4, -0.2) is 16.3 Å². The zero-order valence-electron chi connectivity index (χ0n) is 18.2. The molecule has 0 fully saturated rings. The maximum atomic E-state index is 12.7. The van der Waals surface area contributed by atoms with Crippen LogP contribution in [0, 0.1) is 20.8 Å². The number of hydrogen-bond acceptors (Lipinski definition) is 3. The van der Waals surface area contributed by atoms with E-state index in [1.54, 1.807) is 0 Å². The van der Waals surface area contributed by atoms with Gasteiger partial charge in [0.2, 0.25) is 5.91 Å². The molecule has 1 unspecified atom stereocenters. The number of anilines is 3. The number of amides is 1. The lowest BCUT2D eigenvalue weighted by atomic mass is 10.1. The molecule has 3 aromatic rings. The van der Waals surface area contributed by atoms with Crippen molar-refractivity contribution in [1.29, 1.82) is 0 Å². The van der Waals surface area contributed by atoms with Crippen LogP contribution in [-0.2, 0) is 4.79 Å². The predicted molar refractivity (Wildman–Crippen MR) is 137 cm³/mol. The minimum atomic E-state index is -0.242. The van der Waals surface area contributed by atoms with Gasteiger partial charge >= 0.3 is 0 Å². The van der Waals surface area contributed by atoms with E-state index in [1.165, 1.54) is 22.9 Å². The van der Waals surface area contributed by atoms with Gasteiger partial charge in [0.05, 0.1) is 5.25 Å². The topological polar surface area (TPSA) is 53.2 Å². The smallest absolute Gasteiger partial charge is 0.237 e. The number of nitrogens with one attached hydrogen (secondary N) is 3. The first-order valence-corrected chi connectivity index (χ1v) is 11.4. The quantitative estimate of drug-likeness (QED) is 0.295. The lowest BCUT2D eigenvalue weighted by Gasteiger charge is -2.15. The van der Waals surface area contributed by atoms with Gasteiger partial charge in [-0.25, -0.2) is 0 Å². The van der Waals surface area contributed by atoms with Crippen LogP contribution >= 0.6 is 24.0 Å². The zero-order chi connectivity index (χ0) is 22.4. The predicted octanol–water partition coefficient (Wildman–Crippen LogP) is 6.54. The summed E-state index contributed by atoms with van der Waals surface area (Å²) in [6.45, 7) is 8.00. The van der Waals surface area contributed by atoms with Gasteiger partial charge in [-0.15, -0.1) is 11.8 Å². The van der Waals surface area contributed by atoms with Crippen molar-refractivity contribution in [2.75, 3.05) is 16.0 Å². The first kappa shape index (κ1) is 22.8. The van der Waals surface area contributed by atoms with E-state index in [9.17, 15) is 4.79 Å². The highest BCUT2D eigenvalue weighted by molar-refractivity contribution is 8.00. The second-order valence-electron chi connectivity index (χ2n) is 7.54. The summed E-state index contributed by atoms with van der Waals surface area (Å²) in [5.74, 6) is -0.0214. The minimum Gasteiger partial charge on any atom is -0.332 e. The Hall–Kier alpha value is -2.83. The maximum Gasteiger partial charge on any atom is 0.237 e. The van der Waals surface area contributed by atoms with E-state index in [4.69, 9.17) is 12.2 Å². The van der Waals surface area contributed by atoms with Gasteiger partial charge in [-0.05, 0) is 81.9 Å². The fourth-order valence-corrected chi connectivity index (χ4v) is 4.19. The molecular weight excluding hydrogens is 422 g/mol. The van der Waals surface area contributed by atoms with E-state index in [2.05, 4.69) is 22.0 Å². The summed E-state index contributed by atoms with van der Waals surface area (Å²) in [6.07, 6.45) is 0. The Balaban J connectivity index is 1.58. The molecule has 0 aliphatic carbocycles. The molecule has 3 N–H and O–H groups in total. The average Bonchev–Trinajstić information content (AvgIpc) is 2.72. The number of carbonyl (C=O) groups excluding carboxylic acids is 1. The summed E-state index contributed by atoms with van der Waals surface area (Å²) in [4.78, 5) is 13.7. The summed E-state index contributed by atoms with van der Waals surface area (Å²) >= 11 is 6.94. The zero-order valence-corrected chi connectivity index (χ0v) is 19.8. The SMILES string of the molecule is Cc1ccc(NC(=S)Nc2cccc(SC(C)C(=O)Nc3ccc(C)cc3C)c2)cc1. The molecule has 3 aromatic carbocycles. The maximum absolute atomic E-state index is 12.7. The Labute approximate surface area is 193 Å². The molecule has 0 aromatic heterocycles. The van der Waals surface area contributed by atoms with Crippen molar-refractivity contribution >= 4 is 52.1 Å². The second-order valence-corrected chi connectivity index (χ2v) is 9.36. The van der Waals surface area contributed by atoms with Gasteiger partial charge in [-0.3, -0.25) is 4.79 Å². The third-order valence-corrected chi connectivity index (χ3v) is 6.02. The molecule has 0 heterocycles. The number of hydrogen-bond donors (Lipinski definition) is 3. The van der Waals surface area contributed by atoms with E-state index in [1.807, 2.05) is 88.4 Å². The van der Waals surface area contributed by atoms with Crippen LogP contribution in [0.25, 0.3) is 0 Å². The van der Waals surface area contributed by atoms with Crippen LogP contribution in [0.5, 0.6) is 0 Å². The molecular formula is C25H27N3OS2. The Kier molecular flexibility index (Phi) is 7.71. The van der Waals surface area contributed by atoms with Crippen molar-refractivity contribution < 1.29 is 4.79 Å². The van der Waals surface area contributed by atoms with E-state index < -0.39 is 0 Å². The molecule has 160 valence electrons. The molecule has 31 heavy (non-hydrogen) atoms. The monoisotopic (exact) mass is 449 g/mol. The third kappa shape index (κ3) is 6.84. The average molecular weight is 450 g/mol. The van der Waals surface area contributed by atoms with Crippen LogP contribution in [0.4, 0.5) is 17.1 Å². The lowest BCUT2D eigenvalue weighted by molar-refractivity contribution is -0.115. The molecule has 0 bridgehead atoms. The normalized spacial score (nSPS) is 11.5. The first-order chi connectivity index (χ1) is 14.8. The second kappa shape index (κ2) is 10.5. The van der Waals surface area contributed by atoms with Crippen LogP contribution in [0.2, 0.25) is 0 Å².